The molecular weight excluding hydrogens is 218 g/mol. The van der Waals surface area contributed by atoms with Gasteiger partial charge in [0, 0.05) is 0 Å². The van der Waals surface area contributed by atoms with E-state index in [2.05, 4.69) is 4.98 Å². The number of pyridine rings is 1. The van der Waals surface area contributed by atoms with Crippen LogP contribution in [0.2, 0.25) is 0 Å². The minimum Gasteiger partial charge on any atom is -0.358 e. The lowest BCUT2D eigenvalue weighted by Crippen LogP contribution is -1.96. The van der Waals surface area contributed by atoms with E-state index in [1.54, 1.807) is 24.3 Å². The predicted octanol–water partition coefficient (Wildman–Crippen LogP) is 2.53. The van der Waals surface area contributed by atoms with Crippen LogP contribution in [0.15, 0.2) is 42.6 Å². The van der Waals surface area contributed by atoms with E-state index in [-0.39, 0.29) is 5.82 Å². The van der Waals surface area contributed by atoms with E-state index in [1.165, 1.54) is 12.3 Å². The van der Waals surface area contributed by atoms with Crippen LogP contribution < -0.4 is 0 Å². The zero-order chi connectivity index (χ0) is 12.3. The quantitative estimate of drug-likeness (QED) is 0.581. The summed E-state index contributed by atoms with van der Waals surface area (Å²) in [5, 5.41) is 19.6. The van der Waals surface area contributed by atoms with Gasteiger partial charge in [-0.3, -0.25) is 0 Å². The van der Waals surface area contributed by atoms with Crippen LogP contribution in [0.1, 0.15) is 5.56 Å². The van der Waals surface area contributed by atoms with Gasteiger partial charge in [0.15, 0.2) is 6.20 Å². The normalized spacial score (nSPS) is 9.59. The Morgan fingerprint density at radius 3 is 2.59 bits per heavy atom. The summed E-state index contributed by atoms with van der Waals surface area (Å²) in [5.41, 5.74) is 1.33. The molecule has 0 spiro atoms. The first-order valence-corrected chi connectivity index (χ1v) is 4.82. The van der Waals surface area contributed by atoms with Crippen molar-refractivity contribution in [2.24, 2.45) is 0 Å². The molecule has 0 atom stereocenters. The van der Waals surface area contributed by atoms with E-state index >= 15 is 0 Å². The fourth-order valence-electron chi connectivity index (χ4n) is 1.49. The smallest absolute Gasteiger partial charge is 0.358 e. The fourth-order valence-corrected chi connectivity index (χ4v) is 1.49. The summed E-state index contributed by atoms with van der Waals surface area (Å²) < 4.78 is 0. The van der Waals surface area contributed by atoms with Gasteiger partial charge in [0.1, 0.15) is 6.07 Å². The second kappa shape index (κ2) is 4.41. The van der Waals surface area contributed by atoms with Gasteiger partial charge in [0.25, 0.3) is 0 Å². The molecule has 1 aromatic carbocycles. The van der Waals surface area contributed by atoms with Gasteiger partial charge in [-0.2, -0.15) is 5.26 Å². The summed E-state index contributed by atoms with van der Waals surface area (Å²) in [6, 6.07) is 12.2. The van der Waals surface area contributed by atoms with Gasteiger partial charge < -0.3 is 10.1 Å². The molecule has 0 radical (unpaired) electrons. The molecule has 5 nitrogen and oxygen atoms in total. The van der Waals surface area contributed by atoms with Crippen molar-refractivity contribution >= 4 is 5.82 Å². The number of rotatable bonds is 2. The van der Waals surface area contributed by atoms with Gasteiger partial charge in [-0.1, -0.05) is 30.3 Å². The second-order valence-electron chi connectivity index (χ2n) is 3.33. The lowest BCUT2D eigenvalue weighted by molar-refractivity contribution is -0.388. The lowest BCUT2D eigenvalue weighted by atomic mass is 10.1. The SMILES string of the molecule is N#Cc1cnc([N+](=O)[O-])c(-c2ccccc2)c1. The molecule has 0 aliphatic rings. The molecular formula is C12H7N3O2. The van der Waals surface area contributed by atoms with Crippen LogP contribution >= 0.6 is 0 Å². The Morgan fingerprint density at radius 2 is 2.00 bits per heavy atom. The van der Waals surface area contributed by atoms with E-state index < -0.39 is 4.92 Å². The molecule has 0 aliphatic carbocycles. The van der Waals surface area contributed by atoms with Gasteiger partial charge in [0.05, 0.1) is 11.1 Å². The van der Waals surface area contributed by atoms with Gasteiger partial charge in [-0.25, -0.2) is 0 Å². The fraction of sp³-hybridized carbons (Fsp3) is 0. The van der Waals surface area contributed by atoms with Crippen LogP contribution in [0.4, 0.5) is 5.82 Å². The average molecular weight is 225 g/mol. The number of nitriles is 1. The zero-order valence-corrected chi connectivity index (χ0v) is 8.70. The van der Waals surface area contributed by atoms with Crippen LogP contribution in [-0.4, -0.2) is 9.91 Å². The monoisotopic (exact) mass is 225 g/mol. The molecule has 0 fully saturated rings. The maximum atomic E-state index is 10.9. The Balaban J connectivity index is 2.66. The Morgan fingerprint density at radius 1 is 1.29 bits per heavy atom. The van der Waals surface area contributed by atoms with Crippen LogP contribution in [0, 0.1) is 21.4 Å². The summed E-state index contributed by atoms with van der Waals surface area (Å²) in [6.45, 7) is 0. The second-order valence-corrected chi connectivity index (χ2v) is 3.33. The minimum absolute atomic E-state index is 0.241. The molecule has 0 saturated heterocycles. The molecule has 0 aliphatic heterocycles. The van der Waals surface area contributed by atoms with Crippen molar-refractivity contribution in [2.45, 2.75) is 0 Å². The van der Waals surface area contributed by atoms with Crippen LogP contribution in [-0.2, 0) is 0 Å². The Hall–Kier alpha value is -2.74. The first kappa shape index (κ1) is 10.8. The molecule has 2 rings (SSSR count). The largest absolute Gasteiger partial charge is 0.371 e. The summed E-state index contributed by atoms with van der Waals surface area (Å²) in [5.74, 6) is -0.241. The zero-order valence-electron chi connectivity index (χ0n) is 8.70. The minimum atomic E-state index is -0.552. The highest BCUT2D eigenvalue weighted by atomic mass is 16.6. The van der Waals surface area contributed by atoms with Crippen LogP contribution in [0.5, 0.6) is 0 Å². The molecule has 0 saturated carbocycles. The molecule has 0 bridgehead atoms. The van der Waals surface area contributed by atoms with Crippen LogP contribution in [0.25, 0.3) is 11.1 Å². The van der Waals surface area contributed by atoms with Crippen molar-refractivity contribution in [1.29, 1.82) is 5.26 Å². The van der Waals surface area contributed by atoms with Crippen molar-refractivity contribution in [2.75, 3.05) is 0 Å². The molecule has 0 N–H and O–H groups in total. The highest BCUT2D eigenvalue weighted by Gasteiger charge is 2.17. The maximum absolute atomic E-state index is 10.9. The molecule has 82 valence electrons. The van der Waals surface area contributed by atoms with E-state index in [1.807, 2.05) is 12.1 Å². The molecule has 1 heterocycles. The van der Waals surface area contributed by atoms with E-state index in [0.29, 0.717) is 16.7 Å². The van der Waals surface area contributed by atoms with Gasteiger partial charge >= 0.3 is 5.82 Å². The van der Waals surface area contributed by atoms with Gasteiger partial charge in [-0.05, 0) is 21.5 Å². The molecule has 0 unspecified atom stereocenters. The molecule has 0 amide bonds. The van der Waals surface area contributed by atoms with Crippen molar-refractivity contribution in [3.63, 3.8) is 0 Å². The summed E-state index contributed by atoms with van der Waals surface area (Å²) >= 11 is 0. The number of hydrogen-bond acceptors (Lipinski definition) is 4. The number of nitro groups is 1. The summed E-state index contributed by atoms with van der Waals surface area (Å²) in [6.07, 6.45) is 1.20. The Labute approximate surface area is 97.1 Å². The standard InChI is InChI=1S/C12H7N3O2/c13-7-9-6-11(10-4-2-1-3-5-10)12(14-8-9)15(16)17/h1-6,8H. The van der Waals surface area contributed by atoms with Crippen molar-refractivity contribution in [3.05, 3.63) is 58.3 Å². The average Bonchev–Trinajstić information content (AvgIpc) is 2.39. The third-order valence-corrected chi connectivity index (χ3v) is 2.25. The van der Waals surface area contributed by atoms with Crippen molar-refractivity contribution in [1.82, 2.24) is 4.98 Å². The summed E-state index contributed by atoms with van der Waals surface area (Å²) in [4.78, 5) is 14.0. The molecule has 5 heteroatoms. The van der Waals surface area contributed by atoms with Gasteiger partial charge in [0.2, 0.25) is 0 Å². The molecule has 17 heavy (non-hydrogen) atoms. The summed E-state index contributed by atoms with van der Waals surface area (Å²) in [7, 11) is 0. The van der Waals surface area contributed by atoms with Crippen molar-refractivity contribution in [3.8, 4) is 17.2 Å². The number of aromatic nitrogens is 1. The van der Waals surface area contributed by atoms with Gasteiger partial charge in [-0.15, -0.1) is 0 Å². The highest BCUT2D eigenvalue weighted by Crippen LogP contribution is 2.28. The van der Waals surface area contributed by atoms with Crippen molar-refractivity contribution < 1.29 is 4.92 Å². The van der Waals surface area contributed by atoms with Crippen LogP contribution in [0.3, 0.4) is 0 Å². The first-order chi connectivity index (χ1) is 8.22. The third-order valence-electron chi connectivity index (χ3n) is 2.25. The molecule has 1 aromatic heterocycles. The number of nitrogens with zero attached hydrogens (tertiary/aromatic N) is 3. The third kappa shape index (κ3) is 2.11. The highest BCUT2D eigenvalue weighted by molar-refractivity contribution is 5.72. The topological polar surface area (TPSA) is 79.8 Å². The van der Waals surface area contributed by atoms with E-state index in [4.69, 9.17) is 5.26 Å². The predicted molar refractivity (Wildman–Crippen MR) is 61.0 cm³/mol. The first-order valence-electron chi connectivity index (χ1n) is 4.82. The maximum Gasteiger partial charge on any atom is 0.371 e. The van der Waals surface area contributed by atoms with E-state index in [0.717, 1.165) is 0 Å². The Bertz CT molecular complexity index is 603. The Kier molecular flexibility index (Phi) is 2.79. The lowest BCUT2D eigenvalue weighted by Gasteiger charge is -2.02. The number of benzene rings is 1. The molecule has 2 aromatic rings. The number of hydrogen-bond donors (Lipinski definition) is 0. The van der Waals surface area contributed by atoms with E-state index in [9.17, 15) is 10.1 Å².